The van der Waals surface area contributed by atoms with Crippen molar-refractivity contribution >= 4 is 46.9 Å². The van der Waals surface area contributed by atoms with Crippen LogP contribution in [0.3, 0.4) is 0 Å². The predicted molar refractivity (Wildman–Crippen MR) is 148 cm³/mol. The molecule has 0 saturated heterocycles. The van der Waals surface area contributed by atoms with E-state index in [-0.39, 0.29) is 16.5 Å². The molecule has 1 aliphatic heterocycles. The monoisotopic (exact) mass is 539 g/mol. The molecule has 3 aromatic carbocycles. The van der Waals surface area contributed by atoms with Crippen LogP contribution in [-0.2, 0) is 9.53 Å². The quantitative estimate of drug-likeness (QED) is 0.202. The fourth-order valence-electron chi connectivity index (χ4n) is 4.23. The van der Waals surface area contributed by atoms with Crippen LogP contribution in [0.4, 0.5) is 5.69 Å². The van der Waals surface area contributed by atoms with Crippen molar-refractivity contribution in [3.05, 3.63) is 124 Å². The summed E-state index contributed by atoms with van der Waals surface area (Å²) in [4.78, 5) is 38.7. The Morgan fingerprint density at radius 3 is 2.41 bits per heavy atom. The second-order valence-electron chi connectivity index (χ2n) is 8.60. The summed E-state index contributed by atoms with van der Waals surface area (Å²) in [6.07, 6.45) is 3.37. The van der Waals surface area contributed by atoms with Crippen molar-refractivity contribution in [2.24, 2.45) is 0 Å². The van der Waals surface area contributed by atoms with Gasteiger partial charge in [0.1, 0.15) is 11.5 Å². The Hall–Kier alpha value is -4.88. The Morgan fingerprint density at radius 2 is 1.72 bits per heavy atom. The summed E-state index contributed by atoms with van der Waals surface area (Å²) in [7, 11) is 0. The van der Waals surface area contributed by atoms with E-state index in [9.17, 15) is 19.5 Å². The highest BCUT2D eigenvalue weighted by atomic mass is 35.5. The summed E-state index contributed by atoms with van der Waals surface area (Å²) in [6, 6.07) is 24.2. The number of ether oxygens (including phenoxy) is 1. The van der Waals surface area contributed by atoms with Gasteiger partial charge in [-0.15, -0.1) is 0 Å². The topological polar surface area (TPSA) is 97.0 Å². The zero-order chi connectivity index (χ0) is 27.5. The minimum absolute atomic E-state index is 0.0808. The second kappa shape index (κ2) is 10.8. The molecule has 1 aliphatic rings. The summed E-state index contributed by atoms with van der Waals surface area (Å²) < 4.78 is 11.0. The summed E-state index contributed by atoms with van der Waals surface area (Å²) >= 11 is 6.07. The molecule has 5 rings (SSSR count). The molecule has 0 fully saturated rings. The average molecular weight is 540 g/mol. The van der Waals surface area contributed by atoms with Crippen molar-refractivity contribution in [1.29, 1.82) is 0 Å². The maximum absolute atomic E-state index is 13.6. The van der Waals surface area contributed by atoms with E-state index in [4.69, 9.17) is 20.8 Å². The number of hydrogen-bond donors (Lipinski definition) is 1. The molecule has 1 amide bonds. The van der Waals surface area contributed by atoms with Gasteiger partial charge >= 0.3 is 11.9 Å². The summed E-state index contributed by atoms with van der Waals surface area (Å²) in [5.74, 6) is -0.904. The third-order valence-corrected chi connectivity index (χ3v) is 6.43. The van der Waals surface area contributed by atoms with E-state index in [1.165, 1.54) is 17.0 Å². The lowest BCUT2D eigenvalue weighted by molar-refractivity contribution is -0.113. The largest absolute Gasteiger partial charge is 0.478 e. The number of amides is 1. The first-order valence-electron chi connectivity index (χ1n) is 12.1. The van der Waals surface area contributed by atoms with E-state index >= 15 is 0 Å². The van der Waals surface area contributed by atoms with E-state index in [1.807, 2.05) is 30.3 Å². The van der Waals surface area contributed by atoms with Crippen LogP contribution in [0.15, 0.2) is 101 Å². The number of furan rings is 1. The number of halogens is 1. The summed E-state index contributed by atoms with van der Waals surface area (Å²) in [5, 5.41) is 9.62. The predicted octanol–water partition coefficient (Wildman–Crippen LogP) is 6.95. The number of aromatic carboxylic acids is 1. The molecule has 0 saturated carbocycles. The molecular weight excluding hydrogens is 518 g/mol. The SMILES string of the molecule is CCOC(=O)c1ccc(-c2ccc(/C=C3\C=C(c4ccccc4)N(c4ccc(Cl)c(C(=O)O)c4)C3=O)o2)cc1. The van der Waals surface area contributed by atoms with Gasteiger partial charge in [-0.2, -0.15) is 0 Å². The number of nitrogens with zero attached hydrogens (tertiary/aromatic N) is 1. The van der Waals surface area contributed by atoms with E-state index in [1.54, 1.807) is 61.5 Å². The fourth-order valence-corrected chi connectivity index (χ4v) is 4.43. The molecular formula is C31H22ClNO6. The molecule has 194 valence electrons. The first kappa shape index (κ1) is 25.8. The molecule has 0 spiro atoms. The molecule has 0 unspecified atom stereocenters. The normalized spacial score (nSPS) is 14.0. The number of carbonyl (C=O) groups is 3. The van der Waals surface area contributed by atoms with Gasteiger partial charge in [-0.1, -0.05) is 54.1 Å². The number of carboxylic acid groups (broad SMARTS) is 1. The van der Waals surface area contributed by atoms with E-state index in [2.05, 4.69) is 0 Å². The molecule has 4 aromatic rings. The lowest BCUT2D eigenvalue weighted by atomic mass is 10.1. The van der Waals surface area contributed by atoms with Crippen LogP contribution in [0.2, 0.25) is 5.02 Å². The number of carbonyl (C=O) groups excluding carboxylic acids is 2. The van der Waals surface area contributed by atoms with E-state index < -0.39 is 11.9 Å². The zero-order valence-electron chi connectivity index (χ0n) is 20.8. The smallest absolute Gasteiger partial charge is 0.338 e. The van der Waals surface area contributed by atoms with Crippen LogP contribution < -0.4 is 4.90 Å². The number of rotatable bonds is 7. The number of carboxylic acids is 1. The Morgan fingerprint density at radius 1 is 0.974 bits per heavy atom. The number of esters is 1. The fraction of sp³-hybridized carbons (Fsp3) is 0.0645. The second-order valence-corrected chi connectivity index (χ2v) is 9.01. The maximum atomic E-state index is 13.6. The molecule has 1 aromatic heterocycles. The Kier molecular flexibility index (Phi) is 7.17. The number of benzene rings is 3. The molecule has 7 nitrogen and oxygen atoms in total. The van der Waals surface area contributed by atoms with Gasteiger partial charge in [0.25, 0.3) is 5.91 Å². The highest BCUT2D eigenvalue weighted by Gasteiger charge is 2.31. The lowest BCUT2D eigenvalue weighted by Gasteiger charge is -2.21. The van der Waals surface area contributed by atoms with Gasteiger partial charge < -0.3 is 14.3 Å². The van der Waals surface area contributed by atoms with Gasteiger partial charge in [-0.3, -0.25) is 9.69 Å². The van der Waals surface area contributed by atoms with Crippen molar-refractivity contribution in [3.8, 4) is 11.3 Å². The maximum Gasteiger partial charge on any atom is 0.338 e. The minimum atomic E-state index is -1.19. The van der Waals surface area contributed by atoms with Gasteiger partial charge in [-0.05, 0) is 67.1 Å². The highest BCUT2D eigenvalue weighted by Crippen LogP contribution is 2.37. The Balaban J connectivity index is 1.49. The summed E-state index contributed by atoms with van der Waals surface area (Å²) in [6.45, 7) is 2.05. The molecule has 0 radical (unpaired) electrons. The van der Waals surface area contributed by atoms with Gasteiger partial charge in [0.05, 0.1) is 34.1 Å². The van der Waals surface area contributed by atoms with Crippen molar-refractivity contribution < 1.29 is 28.6 Å². The Bertz CT molecular complexity index is 1630. The molecule has 8 heteroatoms. The van der Waals surface area contributed by atoms with Crippen LogP contribution >= 0.6 is 11.6 Å². The molecule has 1 N–H and O–H groups in total. The van der Waals surface area contributed by atoms with Gasteiger partial charge in [-0.25, -0.2) is 9.59 Å². The van der Waals surface area contributed by atoms with Crippen molar-refractivity contribution in [2.75, 3.05) is 11.5 Å². The van der Waals surface area contributed by atoms with E-state index in [0.29, 0.717) is 40.6 Å². The van der Waals surface area contributed by atoms with Crippen molar-refractivity contribution in [1.82, 2.24) is 0 Å². The van der Waals surface area contributed by atoms with Crippen LogP contribution in [0.5, 0.6) is 0 Å². The van der Waals surface area contributed by atoms with Crippen molar-refractivity contribution in [2.45, 2.75) is 6.92 Å². The third kappa shape index (κ3) is 5.26. The number of hydrogen-bond acceptors (Lipinski definition) is 5. The molecule has 39 heavy (non-hydrogen) atoms. The average Bonchev–Trinajstić information content (AvgIpc) is 3.54. The van der Waals surface area contributed by atoms with Crippen LogP contribution in [0.1, 0.15) is 39.0 Å². The van der Waals surface area contributed by atoms with Gasteiger partial charge in [0, 0.05) is 11.1 Å². The Labute approximate surface area is 229 Å². The van der Waals surface area contributed by atoms with Gasteiger partial charge in [0.2, 0.25) is 0 Å². The summed E-state index contributed by atoms with van der Waals surface area (Å²) in [5.41, 5.74) is 3.21. The third-order valence-electron chi connectivity index (χ3n) is 6.10. The van der Waals surface area contributed by atoms with E-state index in [0.717, 1.165) is 11.1 Å². The minimum Gasteiger partial charge on any atom is -0.478 e. The standard InChI is InChI=1S/C31H22ClNO6/c1-2-38-31(37)21-10-8-20(9-11-21)28-15-13-24(39-28)16-22-17-27(19-6-4-3-5-7-19)33(29(22)34)23-12-14-26(32)25(18-23)30(35)36/h3-18H,2H2,1H3,(H,35,36)/b22-16+. The molecule has 0 atom stereocenters. The molecule has 2 heterocycles. The van der Waals surface area contributed by atoms with Gasteiger partial charge in [0.15, 0.2) is 0 Å². The number of anilines is 1. The molecule has 0 aliphatic carbocycles. The van der Waals surface area contributed by atoms with Crippen molar-refractivity contribution in [3.63, 3.8) is 0 Å². The lowest BCUT2D eigenvalue weighted by Crippen LogP contribution is -2.25. The van der Waals surface area contributed by atoms with Crippen LogP contribution in [0, 0.1) is 0 Å². The zero-order valence-corrected chi connectivity index (χ0v) is 21.5. The van der Waals surface area contributed by atoms with Crippen LogP contribution in [-0.4, -0.2) is 29.6 Å². The first-order valence-corrected chi connectivity index (χ1v) is 12.5. The highest BCUT2D eigenvalue weighted by molar-refractivity contribution is 6.34. The first-order chi connectivity index (χ1) is 18.9. The molecule has 0 bridgehead atoms. The van der Waals surface area contributed by atoms with Crippen LogP contribution in [0.25, 0.3) is 23.1 Å².